The number of benzene rings is 1. The number of hydrogen-bond donors (Lipinski definition) is 1. The lowest BCUT2D eigenvalue weighted by Crippen LogP contribution is -2.24. The van der Waals surface area contributed by atoms with E-state index in [1.54, 1.807) is 31.1 Å². The van der Waals surface area contributed by atoms with Crippen molar-refractivity contribution in [1.82, 2.24) is 0 Å². The number of para-hydroxylation sites is 1. The second-order valence-electron chi connectivity index (χ2n) is 4.42. The van der Waals surface area contributed by atoms with Crippen molar-refractivity contribution in [2.24, 2.45) is 0 Å². The summed E-state index contributed by atoms with van der Waals surface area (Å²) >= 11 is 0. The van der Waals surface area contributed by atoms with Gasteiger partial charge in [0.25, 0.3) is 0 Å². The van der Waals surface area contributed by atoms with E-state index in [2.05, 4.69) is 0 Å². The van der Waals surface area contributed by atoms with Crippen LogP contribution < -0.4 is 4.90 Å². The Labute approximate surface area is 93.5 Å². The Morgan fingerprint density at radius 2 is 2.06 bits per heavy atom. The highest BCUT2D eigenvalue weighted by Gasteiger charge is 2.53. The minimum Gasteiger partial charge on any atom is -0.481 e. The number of carboxylic acid groups (broad SMARTS) is 1. The fourth-order valence-corrected chi connectivity index (χ4v) is 2.08. The van der Waals surface area contributed by atoms with Crippen molar-refractivity contribution in [1.29, 1.82) is 0 Å². The van der Waals surface area contributed by atoms with Crippen molar-refractivity contribution >= 4 is 11.7 Å². The van der Waals surface area contributed by atoms with E-state index in [-0.39, 0.29) is 5.82 Å². The van der Waals surface area contributed by atoms with E-state index in [4.69, 9.17) is 0 Å². The largest absolute Gasteiger partial charge is 0.481 e. The molecule has 1 fully saturated rings. The van der Waals surface area contributed by atoms with Gasteiger partial charge in [-0.2, -0.15) is 0 Å². The van der Waals surface area contributed by atoms with Crippen LogP contribution in [0.3, 0.4) is 0 Å². The van der Waals surface area contributed by atoms with Gasteiger partial charge in [-0.05, 0) is 24.5 Å². The molecule has 0 heterocycles. The number of hydrogen-bond acceptors (Lipinski definition) is 2. The normalized spacial score (nSPS) is 16.9. The maximum absolute atomic E-state index is 13.7. The van der Waals surface area contributed by atoms with Crippen LogP contribution in [0.2, 0.25) is 0 Å². The first-order chi connectivity index (χ1) is 7.49. The van der Waals surface area contributed by atoms with Gasteiger partial charge in [-0.25, -0.2) is 4.39 Å². The van der Waals surface area contributed by atoms with Crippen molar-refractivity contribution in [3.8, 4) is 0 Å². The van der Waals surface area contributed by atoms with E-state index in [0.717, 1.165) is 0 Å². The van der Waals surface area contributed by atoms with Crippen LogP contribution in [0.15, 0.2) is 18.2 Å². The van der Waals surface area contributed by atoms with Gasteiger partial charge in [0.05, 0.1) is 11.1 Å². The maximum atomic E-state index is 13.7. The molecule has 1 N–H and O–H groups in total. The van der Waals surface area contributed by atoms with Crippen molar-refractivity contribution in [3.05, 3.63) is 29.6 Å². The summed E-state index contributed by atoms with van der Waals surface area (Å²) in [6.45, 7) is 0. The number of aliphatic carboxylic acids is 1. The van der Waals surface area contributed by atoms with Gasteiger partial charge in [-0.3, -0.25) is 4.79 Å². The molecule has 16 heavy (non-hydrogen) atoms. The number of nitrogens with zero attached hydrogens (tertiary/aromatic N) is 1. The zero-order chi connectivity index (χ0) is 11.9. The van der Waals surface area contributed by atoms with Gasteiger partial charge in [0.2, 0.25) is 0 Å². The fraction of sp³-hybridized carbons (Fsp3) is 0.417. The summed E-state index contributed by atoms with van der Waals surface area (Å²) < 4.78 is 13.7. The van der Waals surface area contributed by atoms with Gasteiger partial charge < -0.3 is 10.0 Å². The van der Waals surface area contributed by atoms with Gasteiger partial charge in [-0.1, -0.05) is 12.1 Å². The molecule has 0 aliphatic heterocycles. The third-order valence-corrected chi connectivity index (χ3v) is 3.11. The molecular weight excluding hydrogens is 209 g/mol. The van der Waals surface area contributed by atoms with Crippen LogP contribution in [0, 0.1) is 5.82 Å². The first kappa shape index (κ1) is 10.9. The summed E-state index contributed by atoms with van der Waals surface area (Å²) in [7, 11) is 3.44. The third kappa shape index (κ3) is 1.45. The molecule has 1 aliphatic carbocycles. The second kappa shape index (κ2) is 3.47. The molecule has 0 amide bonds. The number of rotatable bonds is 3. The van der Waals surface area contributed by atoms with Crippen molar-refractivity contribution in [3.63, 3.8) is 0 Å². The number of anilines is 1. The lowest BCUT2D eigenvalue weighted by Gasteiger charge is -2.21. The highest BCUT2D eigenvalue weighted by molar-refractivity contribution is 5.87. The molecule has 0 atom stereocenters. The molecule has 3 nitrogen and oxygen atoms in total. The summed E-state index contributed by atoms with van der Waals surface area (Å²) in [5.74, 6) is -1.23. The molecule has 1 saturated carbocycles. The Morgan fingerprint density at radius 3 is 2.50 bits per heavy atom. The SMILES string of the molecule is CN(C)c1c(F)cccc1C1(C(=O)O)CC1. The van der Waals surface area contributed by atoms with E-state index in [0.29, 0.717) is 24.1 Å². The molecule has 0 saturated heterocycles. The molecular formula is C12H14FNO2. The molecule has 0 bridgehead atoms. The maximum Gasteiger partial charge on any atom is 0.314 e. The molecule has 4 heteroatoms. The van der Waals surface area contributed by atoms with Gasteiger partial charge in [0, 0.05) is 14.1 Å². The van der Waals surface area contributed by atoms with E-state index < -0.39 is 11.4 Å². The summed E-state index contributed by atoms with van der Waals surface area (Å²) in [5.41, 5.74) is 0.120. The van der Waals surface area contributed by atoms with E-state index in [9.17, 15) is 14.3 Å². The van der Waals surface area contributed by atoms with Crippen molar-refractivity contribution < 1.29 is 14.3 Å². The lowest BCUT2D eigenvalue weighted by atomic mass is 9.93. The summed E-state index contributed by atoms with van der Waals surface area (Å²) in [4.78, 5) is 12.9. The minimum atomic E-state index is -0.860. The van der Waals surface area contributed by atoms with Crippen molar-refractivity contribution in [2.75, 3.05) is 19.0 Å². The molecule has 0 spiro atoms. The van der Waals surface area contributed by atoms with Crippen LogP contribution in [0.5, 0.6) is 0 Å². The topological polar surface area (TPSA) is 40.5 Å². The average molecular weight is 223 g/mol. The van der Waals surface area contributed by atoms with Gasteiger partial charge in [-0.15, -0.1) is 0 Å². The molecule has 0 unspecified atom stereocenters. The van der Waals surface area contributed by atoms with Gasteiger partial charge in [0.15, 0.2) is 0 Å². The highest BCUT2D eigenvalue weighted by atomic mass is 19.1. The number of halogens is 1. The van der Waals surface area contributed by atoms with Gasteiger partial charge >= 0.3 is 5.97 Å². The quantitative estimate of drug-likeness (QED) is 0.852. The average Bonchev–Trinajstić information content (AvgIpc) is 2.97. The smallest absolute Gasteiger partial charge is 0.314 e. The Hall–Kier alpha value is -1.58. The molecule has 2 rings (SSSR count). The monoisotopic (exact) mass is 223 g/mol. The molecule has 1 aromatic carbocycles. The van der Waals surface area contributed by atoms with E-state index >= 15 is 0 Å². The molecule has 1 aromatic rings. The molecule has 0 radical (unpaired) electrons. The third-order valence-electron chi connectivity index (χ3n) is 3.11. The Balaban J connectivity index is 2.57. The Kier molecular flexibility index (Phi) is 2.37. The Bertz CT molecular complexity index is 439. The fourth-order valence-electron chi connectivity index (χ4n) is 2.08. The van der Waals surface area contributed by atoms with Crippen LogP contribution >= 0.6 is 0 Å². The zero-order valence-corrected chi connectivity index (χ0v) is 9.33. The van der Waals surface area contributed by atoms with Crippen LogP contribution in [0.25, 0.3) is 0 Å². The van der Waals surface area contributed by atoms with E-state index in [1.807, 2.05) is 0 Å². The minimum absolute atomic E-state index is 0.366. The molecule has 1 aliphatic rings. The van der Waals surface area contributed by atoms with Crippen LogP contribution in [0.4, 0.5) is 10.1 Å². The summed E-state index contributed by atoms with van der Waals surface area (Å²) in [5, 5.41) is 9.21. The lowest BCUT2D eigenvalue weighted by molar-refractivity contribution is -0.140. The van der Waals surface area contributed by atoms with Gasteiger partial charge in [0.1, 0.15) is 5.82 Å². The second-order valence-corrected chi connectivity index (χ2v) is 4.42. The summed E-state index contributed by atoms with van der Waals surface area (Å²) in [6, 6.07) is 4.64. The zero-order valence-electron chi connectivity index (χ0n) is 9.33. The molecule has 0 aromatic heterocycles. The highest BCUT2D eigenvalue weighted by Crippen LogP contribution is 2.51. The van der Waals surface area contributed by atoms with Crippen molar-refractivity contribution in [2.45, 2.75) is 18.3 Å². The predicted molar refractivity (Wildman–Crippen MR) is 59.3 cm³/mol. The first-order valence-corrected chi connectivity index (χ1v) is 5.19. The van der Waals surface area contributed by atoms with Crippen LogP contribution in [-0.4, -0.2) is 25.2 Å². The predicted octanol–water partition coefficient (Wildman–Crippen LogP) is 2.01. The summed E-state index contributed by atoms with van der Waals surface area (Å²) in [6.07, 6.45) is 1.18. The van der Waals surface area contributed by atoms with Crippen LogP contribution in [0.1, 0.15) is 18.4 Å². The first-order valence-electron chi connectivity index (χ1n) is 5.19. The number of carbonyl (C=O) groups is 1. The van der Waals surface area contributed by atoms with E-state index in [1.165, 1.54) is 6.07 Å². The van der Waals surface area contributed by atoms with Crippen LogP contribution in [-0.2, 0) is 10.2 Å². The Morgan fingerprint density at radius 1 is 1.44 bits per heavy atom. The number of carboxylic acids is 1. The molecule has 86 valence electrons. The standard InChI is InChI=1S/C12H14FNO2/c1-14(2)10-8(4-3-5-9(10)13)12(6-7-12)11(15)16/h3-5H,6-7H2,1-2H3,(H,15,16).